The van der Waals surface area contributed by atoms with Crippen LogP contribution in [0.3, 0.4) is 0 Å². The van der Waals surface area contributed by atoms with Crippen LogP contribution in [0.15, 0.2) is 60.9 Å². The van der Waals surface area contributed by atoms with E-state index in [4.69, 9.17) is 9.47 Å². The zero-order chi connectivity index (χ0) is 26.5. The molecular formula is C28H29FN4O4. The number of nitrogens with one attached hydrogen (secondary N) is 1. The number of carbonyl (C=O) groups is 1. The third-order valence-electron chi connectivity index (χ3n) is 6.13. The van der Waals surface area contributed by atoms with Crippen LogP contribution < -0.4 is 14.8 Å². The van der Waals surface area contributed by atoms with Crippen LogP contribution in [0.25, 0.3) is 11.3 Å². The lowest BCUT2D eigenvalue weighted by molar-refractivity contribution is 0.0934. The number of hydrogen-bond donors (Lipinski definition) is 2. The van der Waals surface area contributed by atoms with E-state index in [2.05, 4.69) is 15.3 Å². The summed E-state index contributed by atoms with van der Waals surface area (Å²) in [5.74, 6) is 1.18. The van der Waals surface area contributed by atoms with Crippen LogP contribution in [-0.4, -0.2) is 39.8 Å². The lowest BCUT2D eigenvalue weighted by Gasteiger charge is -2.17. The highest BCUT2D eigenvalue weighted by Crippen LogP contribution is 2.27. The highest BCUT2D eigenvalue weighted by atomic mass is 19.1. The van der Waals surface area contributed by atoms with Crippen molar-refractivity contribution in [3.63, 3.8) is 0 Å². The van der Waals surface area contributed by atoms with Crippen LogP contribution in [0.5, 0.6) is 11.5 Å². The van der Waals surface area contributed by atoms with Gasteiger partial charge in [0.1, 0.15) is 28.8 Å². The maximum absolute atomic E-state index is 14.0. The highest BCUT2D eigenvalue weighted by Gasteiger charge is 2.18. The number of methoxy groups -OCH3 is 2. The molecule has 0 spiro atoms. The van der Waals surface area contributed by atoms with E-state index in [0.29, 0.717) is 29.3 Å². The van der Waals surface area contributed by atoms with Gasteiger partial charge in [0.25, 0.3) is 5.91 Å². The third-order valence-corrected chi connectivity index (χ3v) is 6.13. The molecule has 2 aromatic carbocycles. The fourth-order valence-electron chi connectivity index (χ4n) is 4.00. The minimum absolute atomic E-state index is 0.154. The predicted molar refractivity (Wildman–Crippen MR) is 137 cm³/mol. The number of hydrogen-bond acceptors (Lipinski definition) is 6. The van der Waals surface area contributed by atoms with Crippen molar-refractivity contribution in [1.29, 1.82) is 0 Å². The molecule has 2 heterocycles. The number of aliphatic hydroxyl groups is 1. The molecule has 1 unspecified atom stereocenters. The number of nitrogens with zero attached hydrogens (tertiary/aromatic N) is 3. The van der Waals surface area contributed by atoms with Gasteiger partial charge in [0.2, 0.25) is 0 Å². The second kappa shape index (κ2) is 11.2. The highest BCUT2D eigenvalue weighted by molar-refractivity contribution is 5.93. The van der Waals surface area contributed by atoms with Gasteiger partial charge < -0.3 is 24.5 Å². The molecule has 4 aromatic rings. The fourth-order valence-corrected chi connectivity index (χ4v) is 4.00. The second-order valence-corrected chi connectivity index (χ2v) is 8.65. The van der Waals surface area contributed by atoms with Crippen LogP contribution in [0.2, 0.25) is 0 Å². The Morgan fingerprint density at radius 2 is 1.84 bits per heavy atom. The molecule has 0 aliphatic rings. The number of aliphatic hydroxyl groups excluding tert-OH is 1. The standard InChI is InChI=1S/C28H29FN4O4/c1-17(21-12-23(36-3)14-24(13-21)37-4)31-28(35)27-10-19(15-33-8-7-30-18(33)2)9-26(32-27)20-5-6-25(29)22(11-20)16-34/h5-14,17,34H,15-16H2,1-4H3,(H,31,35). The first-order valence-corrected chi connectivity index (χ1v) is 11.7. The molecule has 9 heteroatoms. The van der Waals surface area contributed by atoms with E-state index in [1.807, 2.05) is 42.8 Å². The Labute approximate surface area is 214 Å². The van der Waals surface area contributed by atoms with E-state index in [0.717, 1.165) is 17.0 Å². The van der Waals surface area contributed by atoms with Crippen LogP contribution >= 0.6 is 0 Å². The van der Waals surface area contributed by atoms with Gasteiger partial charge in [0.15, 0.2) is 0 Å². The Bertz CT molecular complexity index is 1400. The molecule has 192 valence electrons. The van der Waals surface area contributed by atoms with Crippen LogP contribution in [-0.2, 0) is 13.2 Å². The smallest absolute Gasteiger partial charge is 0.270 e. The van der Waals surface area contributed by atoms with E-state index in [-0.39, 0.29) is 23.2 Å². The first-order valence-electron chi connectivity index (χ1n) is 11.7. The lowest BCUT2D eigenvalue weighted by Crippen LogP contribution is -2.27. The summed E-state index contributed by atoms with van der Waals surface area (Å²) in [4.78, 5) is 22.2. The van der Waals surface area contributed by atoms with Gasteiger partial charge in [-0.25, -0.2) is 14.4 Å². The number of aryl methyl sites for hydroxylation is 1. The predicted octanol–water partition coefficient (Wildman–Crippen LogP) is 4.44. The molecule has 1 atom stereocenters. The molecule has 37 heavy (non-hydrogen) atoms. The second-order valence-electron chi connectivity index (χ2n) is 8.65. The number of carbonyl (C=O) groups excluding carboxylic acids is 1. The summed E-state index contributed by atoms with van der Waals surface area (Å²) in [6, 6.07) is 13.0. The van der Waals surface area contributed by atoms with Crippen molar-refractivity contribution < 1.29 is 23.8 Å². The Balaban J connectivity index is 1.69. The van der Waals surface area contributed by atoms with Crippen molar-refractivity contribution >= 4 is 5.91 Å². The molecule has 0 saturated heterocycles. The van der Waals surface area contributed by atoms with Crippen LogP contribution in [0, 0.1) is 12.7 Å². The number of ether oxygens (including phenoxy) is 2. The zero-order valence-electron chi connectivity index (χ0n) is 21.2. The maximum atomic E-state index is 14.0. The van der Waals surface area contributed by atoms with Gasteiger partial charge in [0, 0.05) is 36.1 Å². The molecule has 4 rings (SSSR count). The van der Waals surface area contributed by atoms with Crippen molar-refractivity contribution in [3.8, 4) is 22.8 Å². The minimum Gasteiger partial charge on any atom is -0.497 e. The van der Waals surface area contributed by atoms with Gasteiger partial charge in [0.05, 0.1) is 32.6 Å². The number of rotatable bonds is 9. The molecular weight excluding hydrogens is 475 g/mol. The maximum Gasteiger partial charge on any atom is 0.270 e. The summed E-state index contributed by atoms with van der Waals surface area (Å²) in [7, 11) is 3.14. The number of benzene rings is 2. The van der Waals surface area contributed by atoms with E-state index in [9.17, 15) is 14.3 Å². The molecule has 8 nitrogen and oxygen atoms in total. The normalized spacial score (nSPS) is 11.7. The van der Waals surface area contributed by atoms with Crippen molar-refractivity contribution in [1.82, 2.24) is 19.9 Å². The molecule has 0 fully saturated rings. The molecule has 1 amide bonds. The average Bonchev–Trinajstić information content (AvgIpc) is 3.32. The van der Waals surface area contributed by atoms with E-state index in [1.165, 1.54) is 12.1 Å². The molecule has 0 aliphatic carbocycles. The topological polar surface area (TPSA) is 98.5 Å². The first kappa shape index (κ1) is 25.8. The van der Waals surface area contributed by atoms with Gasteiger partial charge in [-0.3, -0.25) is 4.79 Å². The average molecular weight is 505 g/mol. The van der Waals surface area contributed by atoms with Gasteiger partial charge in [-0.15, -0.1) is 0 Å². The summed E-state index contributed by atoms with van der Waals surface area (Å²) >= 11 is 0. The molecule has 2 N–H and O–H groups in total. The van der Waals surface area contributed by atoms with Crippen molar-refractivity contribution in [2.45, 2.75) is 33.0 Å². The van der Waals surface area contributed by atoms with Gasteiger partial charge in [-0.05, 0) is 67.4 Å². The van der Waals surface area contributed by atoms with Crippen molar-refractivity contribution in [2.75, 3.05) is 14.2 Å². The fraction of sp³-hybridized carbons (Fsp3) is 0.250. The summed E-state index contributed by atoms with van der Waals surface area (Å²) in [5.41, 5.74) is 3.08. The van der Waals surface area contributed by atoms with E-state index < -0.39 is 12.4 Å². The Kier molecular flexibility index (Phi) is 7.83. The van der Waals surface area contributed by atoms with Crippen LogP contribution in [0.4, 0.5) is 4.39 Å². The summed E-state index contributed by atoms with van der Waals surface area (Å²) in [6.45, 7) is 3.79. The number of amides is 1. The molecule has 0 bridgehead atoms. The minimum atomic E-state index is -0.503. The van der Waals surface area contributed by atoms with Gasteiger partial charge in [-0.1, -0.05) is 0 Å². The van der Waals surface area contributed by atoms with E-state index in [1.54, 1.807) is 38.6 Å². The Hall–Kier alpha value is -4.24. The SMILES string of the molecule is COc1cc(OC)cc(C(C)NC(=O)c2cc(Cn3ccnc3C)cc(-c3ccc(F)c(CO)c3)n2)c1. The molecule has 0 saturated carbocycles. The lowest BCUT2D eigenvalue weighted by atomic mass is 10.0. The van der Waals surface area contributed by atoms with Gasteiger partial charge in [-0.2, -0.15) is 0 Å². The van der Waals surface area contributed by atoms with Gasteiger partial charge >= 0.3 is 0 Å². The summed E-state index contributed by atoms with van der Waals surface area (Å²) < 4.78 is 26.7. The number of pyridine rings is 1. The van der Waals surface area contributed by atoms with Crippen LogP contribution in [0.1, 0.15) is 46.0 Å². The summed E-state index contributed by atoms with van der Waals surface area (Å²) in [5, 5.41) is 12.5. The van der Waals surface area contributed by atoms with Crippen molar-refractivity contribution in [3.05, 3.63) is 95.0 Å². The number of halogens is 1. The molecule has 0 aliphatic heterocycles. The quantitative estimate of drug-likeness (QED) is 0.350. The zero-order valence-corrected chi connectivity index (χ0v) is 21.2. The van der Waals surface area contributed by atoms with Crippen molar-refractivity contribution in [2.24, 2.45) is 0 Å². The Morgan fingerprint density at radius 1 is 1.11 bits per heavy atom. The third kappa shape index (κ3) is 5.95. The number of imidazole rings is 1. The first-order chi connectivity index (χ1) is 17.8. The monoisotopic (exact) mass is 504 g/mol. The number of aromatic nitrogens is 3. The van der Waals surface area contributed by atoms with E-state index >= 15 is 0 Å². The molecule has 2 aromatic heterocycles. The molecule has 0 radical (unpaired) electrons. The largest absolute Gasteiger partial charge is 0.497 e. The summed E-state index contributed by atoms with van der Waals surface area (Å²) in [6.07, 6.45) is 3.57. The Morgan fingerprint density at radius 3 is 2.46 bits per heavy atom.